The summed E-state index contributed by atoms with van der Waals surface area (Å²) in [6.07, 6.45) is 3.30. The minimum Gasteiger partial charge on any atom is -0.485 e. The molecule has 26 heavy (non-hydrogen) atoms. The number of aromatic nitrogens is 2. The van der Waals surface area contributed by atoms with E-state index < -0.39 is 0 Å². The van der Waals surface area contributed by atoms with E-state index in [1.807, 2.05) is 30.3 Å². The highest BCUT2D eigenvalue weighted by Crippen LogP contribution is 2.32. The van der Waals surface area contributed by atoms with E-state index in [9.17, 15) is 4.79 Å². The van der Waals surface area contributed by atoms with Crippen molar-refractivity contribution in [3.8, 4) is 17.0 Å². The van der Waals surface area contributed by atoms with Crippen molar-refractivity contribution < 1.29 is 14.1 Å². The summed E-state index contributed by atoms with van der Waals surface area (Å²) in [7, 11) is 0. The van der Waals surface area contributed by atoms with Gasteiger partial charge in [-0.15, -0.1) is 0 Å². The number of ether oxygens (including phenoxy) is 1. The quantitative estimate of drug-likeness (QED) is 0.702. The summed E-state index contributed by atoms with van der Waals surface area (Å²) < 4.78 is 11.1. The summed E-state index contributed by atoms with van der Waals surface area (Å²) in [6, 6.07) is 10.9. The average Bonchev–Trinajstić information content (AvgIpc) is 3.00. The Morgan fingerprint density at radius 1 is 1.27 bits per heavy atom. The second-order valence-corrected chi connectivity index (χ2v) is 6.49. The molecule has 132 valence electrons. The Morgan fingerprint density at radius 3 is 2.81 bits per heavy atom. The molecule has 1 fully saturated rings. The fraction of sp³-hybridized carbons (Fsp3) is 0.211. The van der Waals surface area contributed by atoms with E-state index in [0.29, 0.717) is 46.4 Å². The van der Waals surface area contributed by atoms with Crippen LogP contribution in [0.5, 0.6) is 5.75 Å². The van der Waals surface area contributed by atoms with Gasteiger partial charge in [0.1, 0.15) is 28.9 Å². The Kier molecular flexibility index (Phi) is 4.34. The van der Waals surface area contributed by atoms with Crippen LogP contribution in [0.25, 0.3) is 11.3 Å². The van der Waals surface area contributed by atoms with Crippen LogP contribution in [-0.2, 0) is 0 Å². The number of rotatable bonds is 4. The fourth-order valence-corrected chi connectivity index (χ4v) is 3.13. The predicted octanol–water partition coefficient (Wildman–Crippen LogP) is 3.60. The third kappa shape index (κ3) is 3.04. The molecule has 4 rings (SSSR count). The molecular formula is C19H16ClN3O3. The van der Waals surface area contributed by atoms with Crippen molar-refractivity contribution in [1.82, 2.24) is 15.0 Å². The van der Waals surface area contributed by atoms with Crippen molar-refractivity contribution in [3.05, 3.63) is 65.1 Å². The zero-order valence-corrected chi connectivity index (χ0v) is 14.8. The molecular weight excluding hydrogens is 354 g/mol. The van der Waals surface area contributed by atoms with Gasteiger partial charge < -0.3 is 14.2 Å². The molecule has 0 atom stereocenters. The van der Waals surface area contributed by atoms with Crippen LogP contribution in [0.15, 0.2) is 53.3 Å². The third-order valence-corrected chi connectivity index (χ3v) is 4.61. The first-order valence-electron chi connectivity index (χ1n) is 8.20. The first-order chi connectivity index (χ1) is 12.6. The zero-order valence-electron chi connectivity index (χ0n) is 14.1. The number of aryl methyl sites for hydroxylation is 1. The molecule has 6 nitrogen and oxygen atoms in total. The molecule has 0 saturated carbocycles. The number of hydrogen-bond donors (Lipinski definition) is 0. The summed E-state index contributed by atoms with van der Waals surface area (Å²) in [4.78, 5) is 18.7. The molecule has 0 radical (unpaired) electrons. The van der Waals surface area contributed by atoms with E-state index in [1.54, 1.807) is 30.3 Å². The Balaban J connectivity index is 1.50. The lowest BCUT2D eigenvalue weighted by Crippen LogP contribution is -2.56. The molecule has 0 bridgehead atoms. The molecule has 1 saturated heterocycles. The minimum absolute atomic E-state index is 0.0490. The van der Waals surface area contributed by atoms with Gasteiger partial charge in [-0.2, -0.15) is 0 Å². The zero-order chi connectivity index (χ0) is 18.1. The number of nitrogens with zero attached hydrogens (tertiary/aromatic N) is 3. The van der Waals surface area contributed by atoms with Crippen molar-refractivity contribution in [2.45, 2.75) is 13.0 Å². The van der Waals surface area contributed by atoms with Crippen LogP contribution in [0.1, 0.15) is 16.1 Å². The van der Waals surface area contributed by atoms with E-state index in [0.717, 1.165) is 0 Å². The lowest BCUT2D eigenvalue weighted by atomic mass is 10.0. The normalized spacial score (nSPS) is 14.2. The maximum Gasteiger partial charge on any atom is 0.260 e. The predicted molar refractivity (Wildman–Crippen MR) is 96.2 cm³/mol. The number of hydrogen-bond acceptors (Lipinski definition) is 5. The number of carbonyl (C=O) groups is 1. The van der Waals surface area contributed by atoms with Crippen LogP contribution in [0.4, 0.5) is 0 Å². The molecule has 2 aromatic heterocycles. The number of amides is 1. The fourth-order valence-electron chi connectivity index (χ4n) is 2.91. The van der Waals surface area contributed by atoms with Gasteiger partial charge in [0.15, 0.2) is 0 Å². The first kappa shape index (κ1) is 16.6. The van der Waals surface area contributed by atoms with Crippen molar-refractivity contribution in [2.24, 2.45) is 0 Å². The van der Waals surface area contributed by atoms with Gasteiger partial charge in [-0.3, -0.25) is 9.78 Å². The molecule has 1 aliphatic heterocycles. The Labute approximate surface area is 155 Å². The third-order valence-electron chi connectivity index (χ3n) is 4.28. The SMILES string of the molecule is Cc1onc(-c2ccccc2Cl)c1C(=O)N1CC(Oc2cccnc2)C1. The van der Waals surface area contributed by atoms with Gasteiger partial charge in [-0.25, -0.2) is 0 Å². The molecule has 0 N–H and O–H groups in total. The number of pyridine rings is 1. The second-order valence-electron chi connectivity index (χ2n) is 6.08. The Hall–Kier alpha value is -2.86. The largest absolute Gasteiger partial charge is 0.485 e. The van der Waals surface area contributed by atoms with Gasteiger partial charge in [0, 0.05) is 11.8 Å². The van der Waals surface area contributed by atoms with E-state index >= 15 is 0 Å². The lowest BCUT2D eigenvalue weighted by Gasteiger charge is -2.38. The van der Waals surface area contributed by atoms with Crippen LogP contribution < -0.4 is 4.74 Å². The van der Waals surface area contributed by atoms with Gasteiger partial charge in [-0.05, 0) is 25.1 Å². The van der Waals surface area contributed by atoms with Crippen LogP contribution in [0.3, 0.4) is 0 Å². The van der Waals surface area contributed by atoms with Crippen molar-refractivity contribution in [2.75, 3.05) is 13.1 Å². The number of halogens is 1. The van der Waals surface area contributed by atoms with Gasteiger partial charge in [-0.1, -0.05) is 35.0 Å². The van der Waals surface area contributed by atoms with Crippen LogP contribution in [-0.4, -0.2) is 40.1 Å². The summed E-state index contributed by atoms with van der Waals surface area (Å²) in [5, 5.41) is 4.57. The molecule has 3 aromatic rings. The molecule has 0 unspecified atom stereocenters. The van der Waals surface area contributed by atoms with Gasteiger partial charge in [0.2, 0.25) is 0 Å². The van der Waals surface area contributed by atoms with Crippen LogP contribution >= 0.6 is 11.6 Å². The summed E-state index contributed by atoms with van der Waals surface area (Å²) in [6.45, 7) is 2.73. The summed E-state index contributed by atoms with van der Waals surface area (Å²) >= 11 is 6.25. The topological polar surface area (TPSA) is 68.5 Å². The van der Waals surface area contributed by atoms with E-state index in [4.69, 9.17) is 20.9 Å². The highest BCUT2D eigenvalue weighted by molar-refractivity contribution is 6.33. The molecule has 1 aromatic carbocycles. The Bertz CT molecular complexity index is 936. The highest BCUT2D eigenvalue weighted by Gasteiger charge is 2.36. The standard InChI is InChI=1S/C19H16ClN3O3/c1-12-17(18(22-26-12)15-6-2-3-7-16(15)20)19(24)23-10-14(11-23)25-13-5-4-8-21-9-13/h2-9,14H,10-11H2,1H3. The number of likely N-dealkylation sites (tertiary alicyclic amines) is 1. The molecule has 0 aliphatic carbocycles. The number of carbonyl (C=O) groups excluding carboxylic acids is 1. The first-order valence-corrected chi connectivity index (χ1v) is 8.58. The average molecular weight is 370 g/mol. The Morgan fingerprint density at radius 2 is 2.08 bits per heavy atom. The summed E-state index contributed by atoms with van der Waals surface area (Å²) in [5.41, 5.74) is 1.59. The van der Waals surface area contributed by atoms with Crippen LogP contribution in [0, 0.1) is 6.92 Å². The molecule has 1 aliphatic rings. The van der Waals surface area contributed by atoms with Crippen molar-refractivity contribution in [1.29, 1.82) is 0 Å². The monoisotopic (exact) mass is 369 g/mol. The maximum atomic E-state index is 12.9. The molecule has 3 heterocycles. The van der Waals surface area contributed by atoms with E-state index in [-0.39, 0.29) is 12.0 Å². The smallest absolute Gasteiger partial charge is 0.260 e. The number of benzene rings is 1. The molecule has 1 amide bonds. The van der Waals surface area contributed by atoms with Gasteiger partial charge in [0.25, 0.3) is 5.91 Å². The molecule has 0 spiro atoms. The molecule has 7 heteroatoms. The van der Waals surface area contributed by atoms with Crippen molar-refractivity contribution in [3.63, 3.8) is 0 Å². The lowest BCUT2D eigenvalue weighted by molar-refractivity contribution is 0.0176. The van der Waals surface area contributed by atoms with Gasteiger partial charge in [0.05, 0.1) is 24.3 Å². The van der Waals surface area contributed by atoms with Gasteiger partial charge >= 0.3 is 0 Å². The van der Waals surface area contributed by atoms with E-state index in [2.05, 4.69) is 10.1 Å². The maximum absolute atomic E-state index is 12.9. The second kappa shape index (κ2) is 6.80. The van der Waals surface area contributed by atoms with Crippen molar-refractivity contribution >= 4 is 17.5 Å². The van der Waals surface area contributed by atoms with E-state index in [1.165, 1.54) is 0 Å². The van der Waals surface area contributed by atoms with Crippen LogP contribution in [0.2, 0.25) is 5.02 Å². The summed E-state index contributed by atoms with van der Waals surface area (Å²) in [5.74, 6) is 1.04. The minimum atomic E-state index is -0.135. The highest BCUT2D eigenvalue weighted by atomic mass is 35.5.